The van der Waals surface area contributed by atoms with Crippen molar-refractivity contribution in [3.05, 3.63) is 42.4 Å². The molecule has 0 spiro atoms. The molecule has 2 aromatic rings. The number of aromatic nitrogens is 2. The van der Waals surface area contributed by atoms with E-state index in [1.807, 2.05) is 19.1 Å². The molecule has 15 heavy (non-hydrogen) atoms. The fourth-order valence-electron chi connectivity index (χ4n) is 1.19. The Morgan fingerprint density at radius 3 is 2.87 bits per heavy atom. The summed E-state index contributed by atoms with van der Waals surface area (Å²) in [4.78, 5) is 8.16. The minimum Gasteiger partial charge on any atom is -0.437 e. The molecule has 76 valence electrons. The fourth-order valence-corrected chi connectivity index (χ4v) is 1.19. The first-order valence-corrected chi connectivity index (χ1v) is 4.56. The Hall–Kier alpha value is -2.10. The van der Waals surface area contributed by atoms with Gasteiger partial charge in [-0.2, -0.15) is 0 Å². The quantitative estimate of drug-likeness (QED) is 0.756. The van der Waals surface area contributed by atoms with Crippen LogP contribution in [0.4, 0.5) is 5.69 Å². The van der Waals surface area contributed by atoms with Gasteiger partial charge in [0, 0.05) is 18.0 Å². The van der Waals surface area contributed by atoms with Crippen molar-refractivity contribution >= 4 is 5.69 Å². The molecule has 0 aliphatic heterocycles. The third-order valence-electron chi connectivity index (χ3n) is 1.81. The van der Waals surface area contributed by atoms with E-state index in [2.05, 4.69) is 9.97 Å². The summed E-state index contributed by atoms with van der Waals surface area (Å²) in [7, 11) is 0. The second-order valence-corrected chi connectivity index (χ2v) is 3.17. The van der Waals surface area contributed by atoms with Crippen LogP contribution in [0.5, 0.6) is 11.6 Å². The van der Waals surface area contributed by atoms with Gasteiger partial charge >= 0.3 is 0 Å². The molecule has 4 nitrogen and oxygen atoms in total. The number of nitrogens with two attached hydrogens (primary N) is 1. The summed E-state index contributed by atoms with van der Waals surface area (Å²) >= 11 is 0. The van der Waals surface area contributed by atoms with Crippen molar-refractivity contribution in [2.45, 2.75) is 6.92 Å². The lowest BCUT2D eigenvalue weighted by Gasteiger charge is -2.04. The van der Waals surface area contributed by atoms with Crippen molar-refractivity contribution in [2.24, 2.45) is 0 Å². The maximum Gasteiger partial charge on any atom is 0.238 e. The zero-order valence-electron chi connectivity index (χ0n) is 8.34. The molecule has 0 radical (unpaired) electrons. The summed E-state index contributed by atoms with van der Waals surface area (Å²) < 4.78 is 5.49. The van der Waals surface area contributed by atoms with Gasteiger partial charge in [0.1, 0.15) is 5.75 Å². The van der Waals surface area contributed by atoms with Crippen molar-refractivity contribution in [3.63, 3.8) is 0 Å². The minimum absolute atomic E-state index is 0.473. The largest absolute Gasteiger partial charge is 0.437 e. The molecule has 2 N–H and O–H groups in total. The van der Waals surface area contributed by atoms with Crippen LogP contribution in [-0.2, 0) is 0 Å². The maximum atomic E-state index is 5.63. The molecule has 1 heterocycles. The predicted molar refractivity (Wildman–Crippen MR) is 57.7 cm³/mol. The van der Waals surface area contributed by atoms with Crippen molar-refractivity contribution in [2.75, 3.05) is 5.73 Å². The van der Waals surface area contributed by atoms with E-state index in [1.54, 1.807) is 24.5 Å². The molecule has 0 saturated carbocycles. The van der Waals surface area contributed by atoms with Crippen LogP contribution < -0.4 is 10.5 Å². The Balaban J connectivity index is 2.22. The maximum absolute atomic E-state index is 5.63. The molecule has 0 amide bonds. The van der Waals surface area contributed by atoms with Crippen LogP contribution in [0, 0.1) is 6.92 Å². The first-order valence-electron chi connectivity index (χ1n) is 4.56. The summed E-state index contributed by atoms with van der Waals surface area (Å²) in [6.07, 6.45) is 3.24. The standard InChI is InChI=1S/C11H11N3O/c1-8-6-13-7-11(14-8)15-10-4-2-3-9(12)5-10/h2-7H,12H2,1H3. The monoisotopic (exact) mass is 201 g/mol. The van der Waals surface area contributed by atoms with Gasteiger partial charge in [-0.25, -0.2) is 4.98 Å². The second kappa shape index (κ2) is 3.96. The second-order valence-electron chi connectivity index (χ2n) is 3.17. The predicted octanol–water partition coefficient (Wildman–Crippen LogP) is 2.16. The average Bonchev–Trinajstić information content (AvgIpc) is 2.17. The highest BCUT2D eigenvalue weighted by molar-refractivity contribution is 5.44. The van der Waals surface area contributed by atoms with Crippen LogP contribution in [0.3, 0.4) is 0 Å². The van der Waals surface area contributed by atoms with E-state index < -0.39 is 0 Å². The average molecular weight is 201 g/mol. The highest BCUT2D eigenvalue weighted by Gasteiger charge is 1.99. The Bertz CT molecular complexity index is 427. The molecule has 4 heteroatoms. The highest BCUT2D eigenvalue weighted by atomic mass is 16.5. The number of benzene rings is 1. The topological polar surface area (TPSA) is 61.0 Å². The Kier molecular flexibility index (Phi) is 2.49. The van der Waals surface area contributed by atoms with Crippen LogP contribution in [0.25, 0.3) is 0 Å². The summed E-state index contributed by atoms with van der Waals surface area (Å²) in [6, 6.07) is 7.19. The molecule has 1 aromatic carbocycles. The van der Waals surface area contributed by atoms with Crippen LogP contribution in [-0.4, -0.2) is 9.97 Å². The lowest BCUT2D eigenvalue weighted by molar-refractivity contribution is 0.459. The van der Waals surface area contributed by atoms with Crippen LogP contribution >= 0.6 is 0 Å². The molecular formula is C11H11N3O. The zero-order chi connectivity index (χ0) is 10.7. The van der Waals surface area contributed by atoms with E-state index in [0.717, 1.165) is 5.69 Å². The summed E-state index contributed by atoms with van der Waals surface area (Å²) in [5.41, 5.74) is 7.10. The van der Waals surface area contributed by atoms with Gasteiger partial charge in [-0.3, -0.25) is 4.98 Å². The lowest BCUT2D eigenvalue weighted by Crippen LogP contribution is -1.92. The van der Waals surface area contributed by atoms with E-state index in [-0.39, 0.29) is 0 Å². The molecule has 1 aromatic heterocycles. The number of anilines is 1. The molecule has 0 saturated heterocycles. The van der Waals surface area contributed by atoms with Crippen LogP contribution in [0.1, 0.15) is 5.69 Å². The van der Waals surface area contributed by atoms with Gasteiger partial charge in [0.2, 0.25) is 5.88 Å². The molecule has 0 aliphatic rings. The van der Waals surface area contributed by atoms with Gasteiger partial charge in [0.05, 0.1) is 11.9 Å². The summed E-state index contributed by atoms with van der Waals surface area (Å²) in [5, 5.41) is 0. The highest BCUT2D eigenvalue weighted by Crippen LogP contribution is 2.20. The molecule has 0 unspecified atom stereocenters. The van der Waals surface area contributed by atoms with Crippen molar-refractivity contribution in [1.29, 1.82) is 0 Å². The number of nitrogens with zero attached hydrogens (tertiary/aromatic N) is 2. The van der Waals surface area contributed by atoms with Crippen molar-refractivity contribution < 1.29 is 4.74 Å². The number of aryl methyl sites for hydroxylation is 1. The number of hydrogen-bond donors (Lipinski definition) is 1. The first-order chi connectivity index (χ1) is 7.24. The third kappa shape index (κ3) is 2.43. The first kappa shape index (κ1) is 9.45. The zero-order valence-corrected chi connectivity index (χ0v) is 8.34. The van der Waals surface area contributed by atoms with Gasteiger partial charge in [-0.05, 0) is 19.1 Å². The fraction of sp³-hybridized carbons (Fsp3) is 0.0909. The molecule has 0 aliphatic carbocycles. The van der Waals surface area contributed by atoms with E-state index in [0.29, 0.717) is 17.3 Å². The minimum atomic E-state index is 0.473. The number of hydrogen-bond acceptors (Lipinski definition) is 4. The van der Waals surface area contributed by atoms with Crippen LogP contribution in [0.15, 0.2) is 36.7 Å². The third-order valence-corrected chi connectivity index (χ3v) is 1.81. The van der Waals surface area contributed by atoms with E-state index in [4.69, 9.17) is 10.5 Å². The smallest absolute Gasteiger partial charge is 0.238 e. The Morgan fingerprint density at radius 2 is 2.13 bits per heavy atom. The van der Waals surface area contributed by atoms with Gasteiger partial charge in [0.25, 0.3) is 0 Å². The van der Waals surface area contributed by atoms with Gasteiger partial charge in [0.15, 0.2) is 0 Å². The van der Waals surface area contributed by atoms with Gasteiger partial charge in [-0.15, -0.1) is 0 Å². The van der Waals surface area contributed by atoms with Crippen molar-refractivity contribution in [3.8, 4) is 11.6 Å². The number of ether oxygens (including phenoxy) is 1. The van der Waals surface area contributed by atoms with Gasteiger partial charge in [-0.1, -0.05) is 6.07 Å². The number of nitrogen functional groups attached to an aromatic ring is 1. The normalized spacial score (nSPS) is 9.93. The van der Waals surface area contributed by atoms with E-state index in [9.17, 15) is 0 Å². The molecule has 0 bridgehead atoms. The SMILES string of the molecule is Cc1cncc(Oc2cccc(N)c2)n1. The number of rotatable bonds is 2. The summed E-state index contributed by atoms with van der Waals surface area (Å²) in [5.74, 6) is 1.13. The van der Waals surface area contributed by atoms with E-state index >= 15 is 0 Å². The Labute approximate surface area is 87.7 Å². The Morgan fingerprint density at radius 1 is 1.27 bits per heavy atom. The lowest BCUT2D eigenvalue weighted by atomic mass is 10.3. The molecule has 0 fully saturated rings. The van der Waals surface area contributed by atoms with Crippen molar-refractivity contribution in [1.82, 2.24) is 9.97 Å². The molecular weight excluding hydrogens is 190 g/mol. The van der Waals surface area contributed by atoms with Crippen LogP contribution in [0.2, 0.25) is 0 Å². The molecule has 0 atom stereocenters. The van der Waals surface area contributed by atoms with E-state index in [1.165, 1.54) is 0 Å². The van der Waals surface area contributed by atoms with Gasteiger partial charge < -0.3 is 10.5 Å². The summed E-state index contributed by atoms with van der Waals surface area (Å²) in [6.45, 7) is 1.86. The molecule has 2 rings (SSSR count).